The molecule has 3 heteroatoms. The van der Waals surface area contributed by atoms with Crippen LogP contribution in [0.25, 0.3) is 0 Å². The van der Waals surface area contributed by atoms with E-state index in [0.717, 1.165) is 11.3 Å². The summed E-state index contributed by atoms with van der Waals surface area (Å²) in [6, 6.07) is 7.22. The van der Waals surface area contributed by atoms with Gasteiger partial charge in [-0.05, 0) is 24.6 Å². The van der Waals surface area contributed by atoms with Crippen molar-refractivity contribution >= 4 is 11.6 Å². The first-order valence-corrected chi connectivity index (χ1v) is 4.71. The lowest BCUT2D eigenvalue weighted by molar-refractivity contribution is -0.115. The zero-order valence-electron chi connectivity index (χ0n) is 8.45. The molecule has 0 aliphatic rings. The summed E-state index contributed by atoms with van der Waals surface area (Å²) in [5.41, 5.74) is 1.54. The second-order valence-corrected chi connectivity index (χ2v) is 3.20. The summed E-state index contributed by atoms with van der Waals surface area (Å²) in [5.74, 6) is -0.0206. The fraction of sp³-hybridized carbons (Fsp3) is 0.364. The maximum Gasteiger partial charge on any atom is 0.224 e. The number of aliphatic hydroxyl groups is 1. The summed E-state index contributed by atoms with van der Waals surface area (Å²) in [6.07, 6.45) is -0.0488. The Morgan fingerprint density at radius 1 is 1.57 bits per heavy atom. The smallest absolute Gasteiger partial charge is 0.224 e. The molecule has 1 atom stereocenters. The zero-order chi connectivity index (χ0) is 10.6. The molecule has 0 aromatic heterocycles. The lowest BCUT2D eigenvalue weighted by Crippen LogP contribution is -2.09. The van der Waals surface area contributed by atoms with Gasteiger partial charge in [0.1, 0.15) is 0 Å². The quantitative estimate of drug-likeness (QED) is 0.772. The Morgan fingerprint density at radius 2 is 2.29 bits per heavy atom. The maximum absolute atomic E-state index is 11.1. The normalized spacial score (nSPS) is 12.2. The molecule has 0 radical (unpaired) electrons. The van der Waals surface area contributed by atoms with Crippen molar-refractivity contribution in [3.05, 3.63) is 29.8 Å². The molecule has 76 valence electrons. The average Bonchev–Trinajstić information content (AvgIpc) is 2.18. The van der Waals surface area contributed by atoms with E-state index in [1.54, 1.807) is 26.0 Å². The number of hydrogen-bond donors (Lipinski definition) is 2. The van der Waals surface area contributed by atoms with E-state index >= 15 is 0 Å². The van der Waals surface area contributed by atoms with Crippen LogP contribution in [0.1, 0.15) is 31.9 Å². The number of hydrogen-bond acceptors (Lipinski definition) is 2. The summed E-state index contributed by atoms with van der Waals surface area (Å²) in [7, 11) is 0. The van der Waals surface area contributed by atoms with Gasteiger partial charge in [-0.2, -0.15) is 0 Å². The Kier molecular flexibility index (Phi) is 3.65. The molecule has 1 rings (SSSR count). The topological polar surface area (TPSA) is 49.3 Å². The van der Waals surface area contributed by atoms with Crippen molar-refractivity contribution in [2.75, 3.05) is 5.32 Å². The lowest BCUT2D eigenvalue weighted by Gasteiger charge is -2.08. The van der Waals surface area contributed by atoms with Crippen molar-refractivity contribution in [3.8, 4) is 0 Å². The third kappa shape index (κ3) is 2.85. The molecule has 1 aromatic rings. The average molecular weight is 193 g/mol. The molecule has 0 saturated carbocycles. The van der Waals surface area contributed by atoms with Crippen LogP contribution in [0.2, 0.25) is 0 Å². The molecule has 14 heavy (non-hydrogen) atoms. The van der Waals surface area contributed by atoms with Crippen LogP contribution < -0.4 is 5.32 Å². The highest BCUT2D eigenvalue weighted by Crippen LogP contribution is 2.16. The number of amides is 1. The van der Waals surface area contributed by atoms with Gasteiger partial charge in [0, 0.05) is 12.1 Å². The van der Waals surface area contributed by atoms with E-state index in [9.17, 15) is 9.90 Å². The summed E-state index contributed by atoms with van der Waals surface area (Å²) in [6.45, 7) is 3.49. The first-order valence-electron chi connectivity index (χ1n) is 4.71. The SMILES string of the molecule is CCC(=O)Nc1cccc([C@H](C)O)c1. The van der Waals surface area contributed by atoms with Crippen molar-refractivity contribution < 1.29 is 9.90 Å². The van der Waals surface area contributed by atoms with E-state index in [-0.39, 0.29) is 5.91 Å². The number of rotatable bonds is 3. The van der Waals surface area contributed by atoms with Gasteiger partial charge in [0.05, 0.1) is 6.10 Å². The largest absolute Gasteiger partial charge is 0.389 e. The van der Waals surface area contributed by atoms with Gasteiger partial charge in [0.15, 0.2) is 0 Å². The standard InChI is InChI=1S/C11H15NO2/c1-3-11(14)12-10-6-4-5-9(7-10)8(2)13/h4-8,13H,3H2,1-2H3,(H,12,14)/t8-/m0/s1. The Balaban J connectivity index is 2.78. The van der Waals surface area contributed by atoms with Gasteiger partial charge in [-0.25, -0.2) is 0 Å². The van der Waals surface area contributed by atoms with E-state index in [4.69, 9.17) is 0 Å². The summed E-state index contributed by atoms with van der Waals surface area (Å²) in [4.78, 5) is 11.1. The van der Waals surface area contributed by atoms with Gasteiger partial charge in [-0.1, -0.05) is 19.1 Å². The van der Waals surface area contributed by atoms with Crippen LogP contribution in [0.5, 0.6) is 0 Å². The molecule has 1 amide bonds. The molecule has 2 N–H and O–H groups in total. The van der Waals surface area contributed by atoms with Crippen LogP contribution in [0.15, 0.2) is 24.3 Å². The maximum atomic E-state index is 11.1. The molecule has 0 heterocycles. The molecule has 0 bridgehead atoms. The molecule has 0 unspecified atom stereocenters. The molecule has 0 aliphatic heterocycles. The second kappa shape index (κ2) is 4.77. The summed E-state index contributed by atoms with van der Waals surface area (Å²) >= 11 is 0. The Bertz CT molecular complexity index is 321. The zero-order valence-corrected chi connectivity index (χ0v) is 8.45. The van der Waals surface area contributed by atoms with Crippen molar-refractivity contribution in [2.24, 2.45) is 0 Å². The van der Waals surface area contributed by atoms with Crippen LogP contribution in [0.3, 0.4) is 0 Å². The molecule has 3 nitrogen and oxygen atoms in total. The number of aliphatic hydroxyl groups excluding tert-OH is 1. The second-order valence-electron chi connectivity index (χ2n) is 3.20. The third-order valence-electron chi connectivity index (χ3n) is 1.97. The minimum Gasteiger partial charge on any atom is -0.389 e. The monoisotopic (exact) mass is 193 g/mol. The molecule has 0 fully saturated rings. The molecular weight excluding hydrogens is 178 g/mol. The Labute approximate surface area is 83.8 Å². The van der Waals surface area contributed by atoms with Crippen LogP contribution in [-0.2, 0) is 4.79 Å². The van der Waals surface area contributed by atoms with Crippen LogP contribution >= 0.6 is 0 Å². The third-order valence-corrected chi connectivity index (χ3v) is 1.97. The molecule has 0 saturated heterocycles. The lowest BCUT2D eigenvalue weighted by atomic mass is 10.1. The van der Waals surface area contributed by atoms with Gasteiger partial charge in [-0.15, -0.1) is 0 Å². The number of nitrogens with one attached hydrogen (secondary N) is 1. The molecular formula is C11H15NO2. The fourth-order valence-corrected chi connectivity index (χ4v) is 1.13. The van der Waals surface area contributed by atoms with E-state index < -0.39 is 6.10 Å². The number of carbonyl (C=O) groups is 1. The van der Waals surface area contributed by atoms with Gasteiger partial charge in [0.2, 0.25) is 5.91 Å². The summed E-state index contributed by atoms with van der Waals surface area (Å²) < 4.78 is 0. The minimum absolute atomic E-state index is 0.0206. The molecule has 0 aliphatic carbocycles. The van der Waals surface area contributed by atoms with Crippen molar-refractivity contribution in [1.29, 1.82) is 0 Å². The van der Waals surface area contributed by atoms with E-state index in [0.29, 0.717) is 6.42 Å². The highest BCUT2D eigenvalue weighted by Gasteiger charge is 2.03. The van der Waals surface area contributed by atoms with Crippen molar-refractivity contribution in [2.45, 2.75) is 26.4 Å². The van der Waals surface area contributed by atoms with Gasteiger partial charge < -0.3 is 10.4 Å². The number of anilines is 1. The van der Waals surface area contributed by atoms with Crippen LogP contribution in [0.4, 0.5) is 5.69 Å². The van der Waals surface area contributed by atoms with Gasteiger partial charge in [0.25, 0.3) is 0 Å². The predicted octanol–water partition coefficient (Wildman–Crippen LogP) is 2.09. The van der Waals surface area contributed by atoms with Crippen LogP contribution in [-0.4, -0.2) is 11.0 Å². The first kappa shape index (κ1) is 10.7. The molecule has 1 aromatic carbocycles. The highest BCUT2D eigenvalue weighted by molar-refractivity contribution is 5.90. The Hall–Kier alpha value is -1.35. The highest BCUT2D eigenvalue weighted by atomic mass is 16.3. The van der Waals surface area contributed by atoms with E-state index in [2.05, 4.69) is 5.32 Å². The minimum atomic E-state index is -0.506. The molecule has 0 spiro atoms. The fourth-order valence-electron chi connectivity index (χ4n) is 1.13. The van der Waals surface area contributed by atoms with Gasteiger partial charge in [-0.3, -0.25) is 4.79 Å². The van der Waals surface area contributed by atoms with Crippen LogP contribution in [0, 0.1) is 0 Å². The Morgan fingerprint density at radius 3 is 2.86 bits per heavy atom. The predicted molar refractivity (Wildman–Crippen MR) is 56.0 cm³/mol. The van der Waals surface area contributed by atoms with Gasteiger partial charge >= 0.3 is 0 Å². The summed E-state index contributed by atoms with van der Waals surface area (Å²) in [5, 5.41) is 12.1. The van der Waals surface area contributed by atoms with Crippen molar-refractivity contribution in [3.63, 3.8) is 0 Å². The van der Waals surface area contributed by atoms with E-state index in [1.807, 2.05) is 12.1 Å². The first-order chi connectivity index (χ1) is 6.63. The number of benzene rings is 1. The number of carbonyl (C=O) groups excluding carboxylic acids is 1. The van der Waals surface area contributed by atoms with E-state index in [1.165, 1.54) is 0 Å². The van der Waals surface area contributed by atoms with Crippen molar-refractivity contribution in [1.82, 2.24) is 0 Å².